The van der Waals surface area contributed by atoms with Crippen molar-refractivity contribution in [3.8, 4) is 0 Å². The second-order valence-corrected chi connectivity index (χ2v) is 3.82. The first-order valence-corrected chi connectivity index (χ1v) is 5.08. The maximum atomic E-state index is 11.0. The molecule has 1 N–H and O–H groups in total. The van der Waals surface area contributed by atoms with Crippen molar-refractivity contribution >= 4 is 5.97 Å². The fourth-order valence-corrected chi connectivity index (χ4v) is 1.49. The first kappa shape index (κ1) is 13.0. The molecule has 1 unspecified atom stereocenters. The van der Waals surface area contributed by atoms with Crippen LogP contribution in [0.25, 0.3) is 10.4 Å². The Morgan fingerprint density at radius 2 is 2.18 bits per heavy atom. The summed E-state index contributed by atoms with van der Waals surface area (Å²) < 4.78 is 0. The highest BCUT2D eigenvalue weighted by Gasteiger charge is 2.15. The van der Waals surface area contributed by atoms with E-state index in [-0.39, 0.29) is 11.7 Å². The third-order valence-corrected chi connectivity index (χ3v) is 2.43. The van der Waals surface area contributed by atoms with Gasteiger partial charge in [-0.15, -0.1) is 0 Å². The second-order valence-electron chi connectivity index (χ2n) is 3.82. The minimum atomic E-state index is -0.973. The van der Waals surface area contributed by atoms with Crippen LogP contribution < -0.4 is 0 Å². The molecule has 1 rings (SSSR count). The number of carboxylic acid groups (broad SMARTS) is 1. The monoisotopic (exact) mass is 234 g/mol. The van der Waals surface area contributed by atoms with Gasteiger partial charge < -0.3 is 10.0 Å². The number of hydrogen-bond donors (Lipinski definition) is 1. The summed E-state index contributed by atoms with van der Waals surface area (Å²) in [7, 11) is 3.56. The lowest BCUT2D eigenvalue weighted by Crippen LogP contribution is -2.28. The molecule has 90 valence electrons. The van der Waals surface area contributed by atoms with Gasteiger partial charge in [0.15, 0.2) is 0 Å². The molecule has 1 atom stereocenters. The maximum absolute atomic E-state index is 11.0. The number of nitrogens with zero attached hydrogens (tertiary/aromatic N) is 4. The van der Waals surface area contributed by atoms with E-state index in [2.05, 4.69) is 10.0 Å². The first-order chi connectivity index (χ1) is 8.06. The predicted molar refractivity (Wildman–Crippen MR) is 63.7 cm³/mol. The summed E-state index contributed by atoms with van der Waals surface area (Å²) in [6, 6.07) is 6.71. The van der Waals surface area contributed by atoms with Gasteiger partial charge in [0.1, 0.15) is 0 Å². The molecule has 0 amide bonds. The van der Waals surface area contributed by atoms with E-state index in [1.807, 2.05) is 0 Å². The third kappa shape index (κ3) is 3.48. The summed E-state index contributed by atoms with van der Waals surface area (Å²) in [5.74, 6) is -0.973. The van der Waals surface area contributed by atoms with Crippen LogP contribution >= 0.6 is 0 Å². The standard InChI is InChI=1S/C11H14N4O2/c1-15(2)10(13-14-12)7-8-5-3-4-6-9(8)11(16)17/h3-6,10H,7H2,1-2H3,(H,16,17). The van der Waals surface area contributed by atoms with E-state index in [1.54, 1.807) is 43.3 Å². The molecule has 0 spiro atoms. The summed E-state index contributed by atoms with van der Waals surface area (Å²) in [5, 5.41) is 12.7. The molecule has 1 aromatic carbocycles. The van der Waals surface area contributed by atoms with Gasteiger partial charge >= 0.3 is 5.97 Å². The SMILES string of the molecule is CN(C)C(Cc1ccccc1C(=O)O)N=[N+]=[N-]. The molecular formula is C11H14N4O2. The van der Waals surface area contributed by atoms with Crippen LogP contribution in [0.2, 0.25) is 0 Å². The molecule has 1 aromatic rings. The van der Waals surface area contributed by atoms with Gasteiger partial charge in [-0.3, -0.25) is 0 Å². The number of azide groups is 1. The van der Waals surface area contributed by atoms with Crippen LogP contribution in [0.15, 0.2) is 29.4 Å². The number of hydrogen-bond acceptors (Lipinski definition) is 3. The predicted octanol–water partition coefficient (Wildman–Crippen LogP) is 2.13. The number of carboxylic acids is 1. The Morgan fingerprint density at radius 1 is 1.53 bits per heavy atom. The number of aromatic carboxylic acids is 1. The van der Waals surface area contributed by atoms with Crippen LogP contribution in [0.1, 0.15) is 15.9 Å². The largest absolute Gasteiger partial charge is 0.478 e. The highest BCUT2D eigenvalue weighted by molar-refractivity contribution is 5.89. The lowest BCUT2D eigenvalue weighted by molar-refractivity contribution is 0.0695. The Balaban J connectivity index is 3.00. The van der Waals surface area contributed by atoms with Crippen molar-refractivity contribution < 1.29 is 9.90 Å². The fourth-order valence-electron chi connectivity index (χ4n) is 1.49. The number of likely N-dealkylation sites (N-methyl/N-ethyl adjacent to an activating group) is 1. The fraction of sp³-hybridized carbons (Fsp3) is 0.364. The summed E-state index contributed by atoms with van der Waals surface area (Å²) >= 11 is 0. The van der Waals surface area contributed by atoms with Crippen LogP contribution in [0.5, 0.6) is 0 Å². The highest BCUT2D eigenvalue weighted by atomic mass is 16.4. The zero-order chi connectivity index (χ0) is 12.8. The quantitative estimate of drug-likeness (QED) is 0.480. The molecule has 0 heterocycles. The summed E-state index contributed by atoms with van der Waals surface area (Å²) in [4.78, 5) is 15.5. The lowest BCUT2D eigenvalue weighted by Gasteiger charge is -2.19. The number of rotatable bonds is 5. The van der Waals surface area contributed by atoms with Crippen molar-refractivity contribution in [2.75, 3.05) is 14.1 Å². The van der Waals surface area contributed by atoms with Crippen LogP contribution in [0.4, 0.5) is 0 Å². The summed E-state index contributed by atoms with van der Waals surface area (Å²) in [5.41, 5.74) is 9.36. The van der Waals surface area contributed by atoms with Gasteiger partial charge in [0.2, 0.25) is 0 Å². The molecule has 6 nitrogen and oxygen atoms in total. The normalized spacial score (nSPS) is 11.9. The van der Waals surface area contributed by atoms with Gasteiger partial charge in [0.05, 0.1) is 11.7 Å². The van der Waals surface area contributed by atoms with E-state index < -0.39 is 5.97 Å². The van der Waals surface area contributed by atoms with Crippen LogP contribution in [0.3, 0.4) is 0 Å². The van der Waals surface area contributed by atoms with E-state index >= 15 is 0 Å². The smallest absolute Gasteiger partial charge is 0.335 e. The average molecular weight is 234 g/mol. The van der Waals surface area contributed by atoms with Gasteiger partial charge in [0.25, 0.3) is 0 Å². The second kappa shape index (κ2) is 5.89. The van der Waals surface area contributed by atoms with Gasteiger partial charge in [-0.1, -0.05) is 23.3 Å². The molecule has 0 saturated heterocycles. The molecule has 0 radical (unpaired) electrons. The van der Waals surface area contributed by atoms with Crippen molar-refractivity contribution in [3.63, 3.8) is 0 Å². The Bertz CT molecular complexity index is 453. The van der Waals surface area contributed by atoms with Gasteiger partial charge in [-0.05, 0) is 37.7 Å². The molecule has 0 aromatic heterocycles. The molecule has 0 aliphatic heterocycles. The van der Waals surface area contributed by atoms with Gasteiger partial charge in [0, 0.05) is 4.91 Å². The molecule has 0 aliphatic rings. The number of carbonyl (C=O) groups is 1. The summed E-state index contributed by atoms with van der Waals surface area (Å²) in [6.07, 6.45) is -0.0139. The molecule has 0 bridgehead atoms. The summed E-state index contributed by atoms with van der Waals surface area (Å²) in [6.45, 7) is 0. The Hall–Kier alpha value is -2.04. The van der Waals surface area contributed by atoms with Crippen molar-refractivity contribution in [2.45, 2.75) is 12.6 Å². The van der Waals surface area contributed by atoms with Crippen molar-refractivity contribution in [2.24, 2.45) is 5.11 Å². The first-order valence-electron chi connectivity index (χ1n) is 5.08. The molecular weight excluding hydrogens is 220 g/mol. The van der Waals surface area contributed by atoms with Crippen molar-refractivity contribution in [1.82, 2.24) is 4.90 Å². The maximum Gasteiger partial charge on any atom is 0.335 e. The molecule has 0 saturated carbocycles. The number of benzene rings is 1. The minimum Gasteiger partial charge on any atom is -0.478 e. The Kier molecular flexibility index (Phi) is 4.51. The van der Waals surface area contributed by atoms with E-state index in [1.165, 1.54) is 0 Å². The molecule has 0 fully saturated rings. The van der Waals surface area contributed by atoms with Crippen LogP contribution in [-0.2, 0) is 6.42 Å². The van der Waals surface area contributed by atoms with E-state index in [0.717, 1.165) is 0 Å². The average Bonchev–Trinajstić information content (AvgIpc) is 2.28. The van der Waals surface area contributed by atoms with Crippen molar-refractivity contribution in [3.05, 3.63) is 45.8 Å². The van der Waals surface area contributed by atoms with Crippen LogP contribution in [-0.4, -0.2) is 36.2 Å². The molecule has 17 heavy (non-hydrogen) atoms. The molecule has 0 aliphatic carbocycles. The van der Waals surface area contributed by atoms with Gasteiger partial charge in [-0.25, -0.2) is 4.79 Å². The zero-order valence-electron chi connectivity index (χ0n) is 9.74. The van der Waals surface area contributed by atoms with E-state index in [0.29, 0.717) is 12.0 Å². The molecule has 6 heteroatoms. The lowest BCUT2D eigenvalue weighted by atomic mass is 10.0. The minimum absolute atomic E-state index is 0.243. The van der Waals surface area contributed by atoms with E-state index in [9.17, 15) is 4.79 Å². The highest BCUT2D eigenvalue weighted by Crippen LogP contribution is 2.14. The van der Waals surface area contributed by atoms with Gasteiger partial charge in [-0.2, -0.15) is 0 Å². The Morgan fingerprint density at radius 3 is 2.71 bits per heavy atom. The van der Waals surface area contributed by atoms with E-state index in [4.69, 9.17) is 10.6 Å². The third-order valence-electron chi connectivity index (χ3n) is 2.43. The van der Waals surface area contributed by atoms with Crippen LogP contribution in [0, 0.1) is 0 Å². The van der Waals surface area contributed by atoms with Crippen molar-refractivity contribution in [1.29, 1.82) is 0 Å². The zero-order valence-corrected chi connectivity index (χ0v) is 9.74. The Labute approximate surface area is 99.1 Å². The topological polar surface area (TPSA) is 89.3 Å².